The van der Waals surface area contributed by atoms with Gasteiger partial charge in [0.25, 0.3) is 5.91 Å². The summed E-state index contributed by atoms with van der Waals surface area (Å²) in [5, 5.41) is 0. The summed E-state index contributed by atoms with van der Waals surface area (Å²) in [6.07, 6.45) is 1.77. The normalized spacial score (nSPS) is 15.6. The molecule has 0 radical (unpaired) electrons. The van der Waals surface area contributed by atoms with Gasteiger partial charge in [-0.25, -0.2) is 4.39 Å². The van der Waals surface area contributed by atoms with Crippen molar-refractivity contribution in [1.29, 1.82) is 0 Å². The molecule has 140 valence electrons. The number of benzene rings is 2. The van der Waals surface area contributed by atoms with Gasteiger partial charge in [0.05, 0.1) is 18.1 Å². The van der Waals surface area contributed by atoms with Crippen molar-refractivity contribution in [3.05, 3.63) is 70.4 Å². The molecule has 1 heterocycles. The maximum atomic E-state index is 13.3. The van der Waals surface area contributed by atoms with E-state index in [0.29, 0.717) is 28.1 Å². The van der Waals surface area contributed by atoms with Gasteiger partial charge in [-0.2, -0.15) is 0 Å². The maximum absolute atomic E-state index is 13.3. The molecule has 0 spiro atoms. The van der Waals surface area contributed by atoms with Gasteiger partial charge in [-0.1, -0.05) is 54.3 Å². The van der Waals surface area contributed by atoms with Crippen molar-refractivity contribution in [2.24, 2.45) is 0 Å². The SMILES string of the molecule is COCCN1C(=O)/C(=C/c2ccccc2OCc2cccc(F)c2)SC1=S. The molecule has 1 aliphatic heterocycles. The minimum absolute atomic E-state index is 0.137. The van der Waals surface area contributed by atoms with Crippen molar-refractivity contribution in [3.63, 3.8) is 0 Å². The Morgan fingerprint density at radius 2 is 2.04 bits per heavy atom. The van der Waals surface area contributed by atoms with Crippen molar-refractivity contribution in [3.8, 4) is 5.75 Å². The van der Waals surface area contributed by atoms with Gasteiger partial charge in [-0.05, 0) is 29.8 Å². The van der Waals surface area contributed by atoms with Crippen LogP contribution in [0.1, 0.15) is 11.1 Å². The number of thioether (sulfide) groups is 1. The van der Waals surface area contributed by atoms with E-state index in [1.54, 1.807) is 25.3 Å². The Morgan fingerprint density at radius 3 is 2.81 bits per heavy atom. The van der Waals surface area contributed by atoms with E-state index in [1.165, 1.54) is 28.8 Å². The summed E-state index contributed by atoms with van der Waals surface area (Å²) in [5.41, 5.74) is 1.50. The summed E-state index contributed by atoms with van der Waals surface area (Å²) < 4.78 is 24.7. The molecular weight excluding hydrogens is 385 g/mol. The average Bonchev–Trinajstić information content (AvgIpc) is 2.92. The number of halogens is 1. The van der Waals surface area contributed by atoms with Gasteiger partial charge in [0.15, 0.2) is 0 Å². The lowest BCUT2D eigenvalue weighted by molar-refractivity contribution is -0.122. The molecule has 0 bridgehead atoms. The van der Waals surface area contributed by atoms with Crippen LogP contribution in [0.15, 0.2) is 53.4 Å². The smallest absolute Gasteiger partial charge is 0.266 e. The number of rotatable bonds is 7. The number of ether oxygens (including phenoxy) is 2. The molecule has 1 amide bonds. The summed E-state index contributed by atoms with van der Waals surface area (Å²) in [6.45, 7) is 1.08. The Labute approximate surface area is 167 Å². The molecule has 0 N–H and O–H groups in total. The molecule has 2 aromatic carbocycles. The fraction of sp³-hybridized carbons (Fsp3) is 0.200. The van der Waals surface area contributed by atoms with Crippen molar-refractivity contribution >= 4 is 40.3 Å². The molecule has 0 aromatic heterocycles. The number of para-hydroxylation sites is 1. The third-order valence-corrected chi connectivity index (χ3v) is 5.26. The Hall–Kier alpha value is -2.22. The molecule has 4 nitrogen and oxygen atoms in total. The first-order chi connectivity index (χ1) is 13.1. The van der Waals surface area contributed by atoms with Crippen LogP contribution in [0.2, 0.25) is 0 Å². The van der Waals surface area contributed by atoms with Crippen LogP contribution in [0.4, 0.5) is 4.39 Å². The highest BCUT2D eigenvalue weighted by atomic mass is 32.2. The summed E-state index contributed by atoms with van der Waals surface area (Å²) in [4.78, 5) is 14.6. The standard InChI is InChI=1S/C20H18FNO3S2/c1-24-10-9-22-19(23)18(27-20(22)26)12-15-6-2-3-8-17(15)25-13-14-5-4-7-16(21)11-14/h2-8,11-12H,9-10,13H2,1H3/b18-12-. The van der Waals surface area contributed by atoms with Crippen molar-refractivity contribution in [2.75, 3.05) is 20.3 Å². The van der Waals surface area contributed by atoms with E-state index < -0.39 is 0 Å². The quantitative estimate of drug-likeness (QED) is 0.510. The highest BCUT2D eigenvalue weighted by Gasteiger charge is 2.31. The predicted octanol–water partition coefficient (Wildman–Crippen LogP) is 4.25. The zero-order chi connectivity index (χ0) is 19.2. The fourth-order valence-electron chi connectivity index (χ4n) is 2.54. The molecule has 27 heavy (non-hydrogen) atoms. The predicted molar refractivity (Wildman–Crippen MR) is 109 cm³/mol. The lowest BCUT2D eigenvalue weighted by Crippen LogP contribution is -2.31. The molecule has 2 aromatic rings. The highest BCUT2D eigenvalue weighted by molar-refractivity contribution is 8.26. The number of carbonyl (C=O) groups excluding carboxylic acids is 1. The van der Waals surface area contributed by atoms with Gasteiger partial charge in [0.1, 0.15) is 22.5 Å². The van der Waals surface area contributed by atoms with Crippen LogP contribution in [0.5, 0.6) is 5.75 Å². The number of nitrogens with zero attached hydrogens (tertiary/aromatic N) is 1. The fourth-order valence-corrected chi connectivity index (χ4v) is 3.84. The number of hydrogen-bond acceptors (Lipinski definition) is 5. The van der Waals surface area contributed by atoms with Crippen molar-refractivity contribution in [1.82, 2.24) is 4.90 Å². The van der Waals surface area contributed by atoms with Crippen LogP contribution in [0.3, 0.4) is 0 Å². The van der Waals surface area contributed by atoms with Gasteiger partial charge in [0, 0.05) is 12.7 Å². The average molecular weight is 404 g/mol. The molecule has 7 heteroatoms. The van der Waals surface area contributed by atoms with E-state index in [-0.39, 0.29) is 18.3 Å². The zero-order valence-corrected chi connectivity index (χ0v) is 16.3. The third kappa shape index (κ3) is 4.94. The largest absolute Gasteiger partial charge is 0.488 e. The van der Waals surface area contributed by atoms with Crippen LogP contribution >= 0.6 is 24.0 Å². The summed E-state index contributed by atoms with van der Waals surface area (Å²) >= 11 is 6.55. The van der Waals surface area contributed by atoms with Gasteiger partial charge >= 0.3 is 0 Å². The molecule has 0 aliphatic carbocycles. The molecular formula is C20H18FNO3S2. The molecule has 3 rings (SSSR count). The second-order valence-corrected chi connectivity index (χ2v) is 7.46. The maximum Gasteiger partial charge on any atom is 0.266 e. The number of methoxy groups -OCH3 is 1. The second-order valence-electron chi connectivity index (χ2n) is 5.78. The number of hydrogen-bond donors (Lipinski definition) is 0. The van der Waals surface area contributed by atoms with Crippen LogP contribution < -0.4 is 4.74 Å². The lowest BCUT2D eigenvalue weighted by Gasteiger charge is -2.13. The first-order valence-electron chi connectivity index (χ1n) is 8.29. The lowest BCUT2D eigenvalue weighted by atomic mass is 10.1. The molecule has 1 aliphatic rings. The van der Waals surface area contributed by atoms with Gasteiger partial charge in [-0.15, -0.1) is 0 Å². The Morgan fingerprint density at radius 1 is 1.22 bits per heavy atom. The number of amides is 1. The van der Waals surface area contributed by atoms with Crippen LogP contribution in [-0.4, -0.2) is 35.4 Å². The second kappa shape index (κ2) is 9.12. The molecule has 0 atom stereocenters. The molecule has 1 fully saturated rings. The summed E-state index contributed by atoms with van der Waals surface area (Å²) in [6, 6.07) is 13.7. The molecule has 0 unspecified atom stereocenters. The van der Waals surface area contributed by atoms with E-state index in [2.05, 4.69) is 0 Å². The first kappa shape index (κ1) is 19.5. The molecule has 0 saturated carbocycles. The van der Waals surface area contributed by atoms with Crippen molar-refractivity contribution < 1.29 is 18.7 Å². The Kier molecular flexibility index (Phi) is 6.60. The highest BCUT2D eigenvalue weighted by Crippen LogP contribution is 2.34. The van der Waals surface area contributed by atoms with Crippen LogP contribution in [0, 0.1) is 5.82 Å². The topological polar surface area (TPSA) is 38.8 Å². The van der Waals surface area contributed by atoms with Gasteiger partial charge < -0.3 is 9.47 Å². The minimum Gasteiger partial charge on any atom is -0.488 e. The number of thiocarbonyl (C=S) groups is 1. The van der Waals surface area contributed by atoms with E-state index in [1.807, 2.05) is 24.3 Å². The van der Waals surface area contributed by atoms with Gasteiger partial charge in [0.2, 0.25) is 0 Å². The van der Waals surface area contributed by atoms with Gasteiger partial charge in [-0.3, -0.25) is 9.69 Å². The van der Waals surface area contributed by atoms with E-state index in [0.717, 1.165) is 11.1 Å². The van der Waals surface area contributed by atoms with Crippen LogP contribution in [-0.2, 0) is 16.1 Å². The van der Waals surface area contributed by atoms with Crippen molar-refractivity contribution in [2.45, 2.75) is 6.61 Å². The first-order valence-corrected chi connectivity index (χ1v) is 9.51. The van der Waals surface area contributed by atoms with E-state index >= 15 is 0 Å². The Balaban J connectivity index is 1.77. The summed E-state index contributed by atoms with van der Waals surface area (Å²) in [5.74, 6) is 0.176. The van der Waals surface area contributed by atoms with E-state index in [9.17, 15) is 9.18 Å². The summed E-state index contributed by atoms with van der Waals surface area (Å²) in [7, 11) is 1.58. The Bertz CT molecular complexity index is 885. The zero-order valence-electron chi connectivity index (χ0n) is 14.7. The monoisotopic (exact) mass is 403 g/mol. The minimum atomic E-state index is -0.302. The number of carbonyl (C=O) groups is 1. The van der Waals surface area contributed by atoms with Crippen LogP contribution in [0.25, 0.3) is 6.08 Å². The molecule has 1 saturated heterocycles. The van der Waals surface area contributed by atoms with E-state index in [4.69, 9.17) is 21.7 Å². The third-order valence-electron chi connectivity index (χ3n) is 3.88.